The first-order valence-corrected chi connectivity index (χ1v) is 23.3. The summed E-state index contributed by atoms with van der Waals surface area (Å²) in [5, 5.41) is 21.5. The van der Waals surface area contributed by atoms with E-state index in [1.165, 1.54) is 22.3 Å². The topological polar surface area (TPSA) is 112 Å². The van der Waals surface area contributed by atoms with E-state index in [0.717, 1.165) is 77.0 Å². The number of aliphatic hydroxyl groups is 2. The largest absolute Gasteiger partial charge is 0.491 e. The minimum Gasteiger partial charge on any atom is -0.491 e. The molecule has 8 nitrogen and oxygen atoms in total. The minimum absolute atomic E-state index is 0.0265. The zero-order valence-corrected chi connectivity index (χ0v) is 37.9. The molecule has 0 aromatic heterocycles. The second-order valence-corrected chi connectivity index (χ2v) is 21.1. The van der Waals surface area contributed by atoms with Crippen LogP contribution in [-0.2, 0) is 19.1 Å². The number of ether oxygens (including phenoxy) is 4. The Balaban J connectivity index is 0.841. The van der Waals surface area contributed by atoms with Crippen molar-refractivity contribution in [3.8, 4) is 11.5 Å². The van der Waals surface area contributed by atoms with Gasteiger partial charge >= 0.3 is 11.9 Å². The highest BCUT2D eigenvalue weighted by atomic mass is 16.6. The van der Waals surface area contributed by atoms with Crippen LogP contribution in [0.15, 0.2) is 70.9 Å². The van der Waals surface area contributed by atoms with Gasteiger partial charge in [0.15, 0.2) is 0 Å². The first kappa shape index (κ1) is 44.7. The number of benzene rings is 1. The Morgan fingerprint density at radius 3 is 1.37 bits per heavy atom. The third-order valence-electron chi connectivity index (χ3n) is 16.6. The van der Waals surface area contributed by atoms with Crippen molar-refractivity contribution in [1.29, 1.82) is 0 Å². The van der Waals surface area contributed by atoms with Crippen molar-refractivity contribution >= 4 is 11.9 Å². The van der Waals surface area contributed by atoms with Crippen LogP contribution < -0.4 is 9.47 Å². The molecule has 0 bridgehead atoms. The predicted molar refractivity (Wildman–Crippen MR) is 235 cm³/mol. The SMILES string of the molecule is CC(C)C1=CC2=CCC3C(C)(C(=O)OCC(O)COc4ccc(OCC(O)COC(=O)C5(C)CCCC6(C)C7CCC(C(C)C)=CC7=CCC56)cc4)CCCC3(C)C2CC1. The fourth-order valence-electron chi connectivity index (χ4n) is 13.0. The van der Waals surface area contributed by atoms with Crippen molar-refractivity contribution in [3.05, 3.63) is 70.9 Å². The lowest BCUT2D eigenvalue weighted by molar-refractivity contribution is -0.173. The number of aliphatic hydroxyl groups excluding tert-OH is 2. The van der Waals surface area contributed by atoms with E-state index < -0.39 is 23.0 Å². The third-order valence-corrected chi connectivity index (χ3v) is 16.6. The van der Waals surface area contributed by atoms with Gasteiger partial charge in [-0.05, 0) is 160 Å². The van der Waals surface area contributed by atoms with Gasteiger partial charge in [0.1, 0.15) is 50.1 Å². The van der Waals surface area contributed by atoms with Gasteiger partial charge in [0, 0.05) is 0 Å². The van der Waals surface area contributed by atoms with Crippen molar-refractivity contribution in [1.82, 2.24) is 0 Å². The highest BCUT2D eigenvalue weighted by Crippen LogP contribution is 2.64. The van der Waals surface area contributed by atoms with E-state index in [-0.39, 0.29) is 61.0 Å². The van der Waals surface area contributed by atoms with Gasteiger partial charge < -0.3 is 29.2 Å². The molecule has 1 aromatic carbocycles. The summed E-state index contributed by atoms with van der Waals surface area (Å²) in [5.74, 6) is 3.11. The molecule has 0 aliphatic heterocycles. The number of allylic oxidation sites excluding steroid dienone is 8. The zero-order chi connectivity index (χ0) is 43.0. The summed E-state index contributed by atoms with van der Waals surface area (Å²) >= 11 is 0. The number of fused-ring (bicyclic) bond motifs is 6. The lowest BCUT2D eigenvalue weighted by Crippen LogP contribution is -2.53. The maximum Gasteiger partial charge on any atom is 0.312 e. The van der Waals surface area contributed by atoms with Gasteiger partial charge in [0.2, 0.25) is 0 Å². The molecule has 7 rings (SSSR count). The Bertz CT molecular complexity index is 1720. The molecular weight excluding hydrogens is 753 g/mol. The quantitative estimate of drug-likeness (QED) is 0.178. The molecule has 0 heterocycles. The van der Waals surface area contributed by atoms with E-state index in [1.54, 1.807) is 24.3 Å². The van der Waals surface area contributed by atoms with Crippen LogP contribution in [0.5, 0.6) is 11.5 Å². The van der Waals surface area contributed by atoms with Crippen molar-refractivity contribution in [2.24, 2.45) is 57.2 Å². The number of hydrogen-bond acceptors (Lipinski definition) is 8. The first-order chi connectivity index (χ1) is 28.5. The second-order valence-electron chi connectivity index (χ2n) is 21.1. The minimum atomic E-state index is -0.976. The molecule has 60 heavy (non-hydrogen) atoms. The van der Waals surface area contributed by atoms with Crippen molar-refractivity contribution < 1.29 is 38.7 Å². The van der Waals surface area contributed by atoms with Crippen LogP contribution in [0, 0.1) is 57.2 Å². The molecule has 2 N–H and O–H groups in total. The molecule has 1 aromatic rings. The smallest absolute Gasteiger partial charge is 0.312 e. The Kier molecular flexibility index (Phi) is 13.2. The number of esters is 2. The van der Waals surface area contributed by atoms with Gasteiger partial charge in [-0.3, -0.25) is 9.59 Å². The average molecular weight is 827 g/mol. The number of rotatable bonds is 14. The van der Waals surface area contributed by atoms with Crippen LogP contribution in [-0.4, -0.2) is 60.8 Å². The summed E-state index contributed by atoms with van der Waals surface area (Å²) in [7, 11) is 0. The highest BCUT2D eigenvalue weighted by Gasteiger charge is 2.59. The molecule has 6 aliphatic rings. The van der Waals surface area contributed by atoms with Crippen molar-refractivity contribution in [2.45, 2.75) is 145 Å². The maximum absolute atomic E-state index is 13.8. The number of carbonyl (C=O) groups is 2. The summed E-state index contributed by atoms with van der Waals surface area (Å²) in [6.45, 7) is 17.8. The summed E-state index contributed by atoms with van der Waals surface area (Å²) in [6, 6.07) is 6.93. The summed E-state index contributed by atoms with van der Waals surface area (Å²) in [5.41, 5.74) is 4.91. The van der Waals surface area contributed by atoms with Gasteiger partial charge in [-0.15, -0.1) is 0 Å². The van der Waals surface area contributed by atoms with Crippen LogP contribution in [0.1, 0.15) is 132 Å². The van der Waals surface area contributed by atoms with Crippen LogP contribution in [0.25, 0.3) is 0 Å². The van der Waals surface area contributed by atoms with E-state index in [4.69, 9.17) is 18.9 Å². The van der Waals surface area contributed by atoms with Gasteiger partial charge in [0.25, 0.3) is 0 Å². The molecule has 0 radical (unpaired) electrons. The van der Waals surface area contributed by atoms with E-state index >= 15 is 0 Å². The van der Waals surface area contributed by atoms with Crippen LogP contribution in [0.3, 0.4) is 0 Å². The summed E-state index contributed by atoms with van der Waals surface area (Å²) < 4.78 is 23.3. The van der Waals surface area contributed by atoms with E-state index in [0.29, 0.717) is 35.2 Å². The molecule has 2 fully saturated rings. The maximum atomic E-state index is 13.8. The molecule has 6 aliphatic carbocycles. The number of carbonyl (C=O) groups excluding carboxylic acids is 2. The van der Waals surface area contributed by atoms with Crippen LogP contribution in [0.4, 0.5) is 0 Å². The van der Waals surface area contributed by atoms with Crippen LogP contribution in [0.2, 0.25) is 0 Å². The molecule has 0 amide bonds. The van der Waals surface area contributed by atoms with E-state index in [2.05, 4.69) is 79.7 Å². The molecule has 10 atom stereocenters. The van der Waals surface area contributed by atoms with Crippen molar-refractivity contribution in [3.63, 3.8) is 0 Å². The average Bonchev–Trinajstić information content (AvgIpc) is 3.22. The molecule has 10 unspecified atom stereocenters. The fraction of sp³-hybridized carbons (Fsp3) is 0.692. The van der Waals surface area contributed by atoms with Gasteiger partial charge in [0.05, 0.1) is 10.8 Å². The zero-order valence-electron chi connectivity index (χ0n) is 37.9. The summed E-state index contributed by atoms with van der Waals surface area (Å²) in [4.78, 5) is 27.5. The second kappa shape index (κ2) is 17.8. The van der Waals surface area contributed by atoms with Crippen molar-refractivity contribution in [2.75, 3.05) is 26.4 Å². The van der Waals surface area contributed by atoms with Gasteiger partial charge in [-0.25, -0.2) is 0 Å². The lowest BCUT2D eigenvalue weighted by Gasteiger charge is -2.57. The first-order valence-electron chi connectivity index (χ1n) is 23.3. The molecule has 8 heteroatoms. The molecule has 330 valence electrons. The lowest BCUT2D eigenvalue weighted by atomic mass is 9.47. The molecule has 2 saturated carbocycles. The summed E-state index contributed by atoms with van der Waals surface area (Å²) in [6.07, 6.45) is 19.9. The standard InChI is InChI=1S/C52H74O8/c1-33(2)35-11-19-43-37(27-35)13-21-45-49(43,5)23-9-25-51(45,7)47(55)59-31-39(53)29-57-41-15-17-42(18-16-41)58-30-40(54)32-60-48(56)52(8)26-10-24-50(6)44-20-12-36(34(3)4)28-38(44)14-22-46(50)52/h13-18,27-28,33-34,39-40,43-46,53-54H,9-12,19-26,29-32H2,1-8H3. The number of hydrogen-bond donors (Lipinski definition) is 2. The Hall–Kier alpha value is -3.36. The van der Waals surface area contributed by atoms with E-state index in [9.17, 15) is 19.8 Å². The highest BCUT2D eigenvalue weighted by molar-refractivity contribution is 5.78. The Morgan fingerprint density at radius 2 is 1.00 bits per heavy atom. The fourth-order valence-corrected chi connectivity index (χ4v) is 13.0. The van der Waals surface area contributed by atoms with Gasteiger partial charge in [-0.2, -0.15) is 0 Å². The monoisotopic (exact) mass is 827 g/mol. The third kappa shape index (κ3) is 8.67. The Labute approximate surface area is 360 Å². The molecule has 0 saturated heterocycles. The Morgan fingerprint density at radius 1 is 0.617 bits per heavy atom. The molecular formula is C52H74O8. The van der Waals surface area contributed by atoms with Crippen LogP contribution >= 0.6 is 0 Å². The van der Waals surface area contributed by atoms with Gasteiger partial charge in [-0.1, -0.05) is 89.8 Å². The normalized spacial score (nSPS) is 34.6. The van der Waals surface area contributed by atoms with E-state index in [1.807, 2.05) is 0 Å². The molecule has 0 spiro atoms. The predicted octanol–water partition coefficient (Wildman–Crippen LogP) is 10.5.